The number of nitrogens with one attached hydrogen (secondary N) is 1. The summed E-state index contributed by atoms with van der Waals surface area (Å²) >= 11 is 1.66. The normalized spacial score (nSPS) is 10.5. The van der Waals surface area contributed by atoms with Crippen LogP contribution in [-0.4, -0.2) is 35.6 Å². The van der Waals surface area contributed by atoms with E-state index >= 15 is 0 Å². The van der Waals surface area contributed by atoms with Crippen molar-refractivity contribution < 1.29 is 9.53 Å². The highest BCUT2D eigenvalue weighted by Crippen LogP contribution is 2.22. The zero-order chi connectivity index (χ0) is 15.8. The Balaban J connectivity index is 2.08. The number of benzene rings is 1. The van der Waals surface area contributed by atoms with E-state index in [1.807, 2.05) is 36.4 Å². The predicted molar refractivity (Wildman–Crippen MR) is 89.0 cm³/mol. The van der Waals surface area contributed by atoms with Crippen molar-refractivity contribution in [2.24, 2.45) is 0 Å². The van der Waals surface area contributed by atoms with Gasteiger partial charge in [0.25, 0.3) is 0 Å². The zero-order valence-electron chi connectivity index (χ0n) is 12.7. The first-order chi connectivity index (χ1) is 10.7. The molecule has 22 heavy (non-hydrogen) atoms. The van der Waals surface area contributed by atoms with Crippen molar-refractivity contribution in [3.05, 3.63) is 36.4 Å². The van der Waals surface area contributed by atoms with E-state index in [4.69, 9.17) is 4.74 Å². The van der Waals surface area contributed by atoms with Crippen LogP contribution < -0.4 is 5.32 Å². The monoisotopic (exact) mass is 317 g/mol. The molecule has 6 heteroatoms. The topological polar surface area (TPSA) is 64.1 Å². The van der Waals surface area contributed by atoms with Crippen LogP contribution in [0.3, 0.4) is 0 Å². The molecule has 116 valence electrons. The summed E-state index contributed by atoms with van der Waals surface area (Å²) in [5.41, 5.74) is 2.45. The molecule has 0 unspecified atom stereocenters. The summed E-state index contributed by atoms with van der Waals surface area (Å²) < 4.78 is 4.89. The largest absolute Gasteiger partial charge is 0.384 e. The minimum Gasteiger partial charge on any atom is -0.384 e. The van der Waals surface area contributed by atoms with Crippen molar-refractivity contribution in [2.45, 2.75) is 18.4 Å². The lowest BCUT2D eigenvalue weighted by atomic mass is 10.1. The molecule has 0 aliphatic carbocycles. The standard InChI is InChI=1S/C16H19N3O2S/c1-3-22-16-8-7-14(18-19-16)12-5-4-6-13(11-12)17-15(20)9-10-21-2/h4-8,11H,3,9-10H2,1-2H3,(H,17,20). The van der Waals surface area contributed by atoms with E-state index in [9.17, 15) is 4.79 Å². The summed E-state index contributed by atoms with van der Waals surface area (Å²) in [6.07, 6.45) is 0.337. The Morgan fingerprint density at radius 1 is 1.27 bits per heavy atom. The average Bonchev–Trinajstić information content (AvgIpc) is 2.54. The van der Waals surface area contributed by atoms with Gasteiger partial charge in [-0.2, -0.15) is 0 Å². The Bertz CT molecular complexity index is 617. The lowest BCUT2D eigenvalue weighted by Gasteiger charge is -2.07. The van der Waals surface area contributed by atoms with Crippen LogP contribution in [0.2, 0.25) is 0 Å². The quantitative estimate of drug-likeness (QED) is 0.794. The summed E-state index contributed by atoms with van der Waals surface area (Å²) in [7, 11) is 1.58. The molecule has 0 fully saturated rings. The van der Waals surface area contributed by atoms with Gasteiger partial charge in [0.15, 0.2) is 0 Å². The van der Waals surface area contributed by atoms with Gasteiger partial charge in [-0.05, 0) is 30.0 Å². The summed E-state index contributed by atoms with van der Waals surface area (Å²) in [4.78, 5) is 11.7. The highest BCUT2D eigenvalue weighted by molar-refractivity contribution is 7.99. The summed E-state index contributed by atoms with van der Waals surface area (Å²) in [6, 6.07) is 11.5. The molecule has 1 aromatic carbocycles. The van der Waals surface area contributed by atoms with E-state index in [-0.39, 0.29) is 5.91 Å². The van der Waals surface area contributed by atoms with Crippen LogP contribution in [0.1, 0.15) is 13.3 Å². The van der Waals surface area contributed by atoms with Crippen LogP contribution in [0.5, 0.6) is 0 Å². The molecule has 0 aliphatic heterocycles. The molecular weight excluding hydrogens is 298 g/mol. The average molecular weight is 317 g/mol. The minimum absolute atomic E-state index is 0.0697. The number of anilines is 1. The molecule has 0 saturated carbocycles. The fraction of sp³-hybridized carbons (Fsp3) is 0.312. The Kier molecular flexibility index (Phi) is 6.36. The van der Waals surface area contributed by atoms with Gasteiger partial charge < -0.3 is 10.1 Å². The molecule has 0 atom stereocenters. The molecule has 0 spiro atoms. The molecule has 1 heterocycles. The van der Waals surface area contributed by atoms with Crippen molar-refractivity contribution in [3.8, 4) is 11.3 Å². The molecule has 1 N–H and O–H groups in total. The number of carbonyl (C=O) groups is 1. The third-order valence-corrected chi connectivity index (χ3v) is 3.71. The fourth-order valence-electron chi connectivity index (χ4n) is 1.87. The number of carbonyl (C=O) groups excluding carboxylic acids is 1. The third-order valence-electron chi connectivity index (χ3n) is 2.91. The molecule has 0 saturated heterocycles. The molecule has 1 amide bonds. The molecule has 0 bridgehead atoms. The van der Waals surface area contributed by atoms with Gasteiger partial charge in [0.1, 0.15) is 5.03 Å². The first-order valence-electron chi connectivity index (χ1n) is 7.08. The molecular formula is C16H19N3O2S. The van der Waals surface area contributed by atoms with Gasteiger partial charge in [0.05, 0.1) is 18.7 Å². The van der Waals surface area contributed by atoms with E-state index in [1.54, 1.807) is 18.9 Å². The minimum atomic E-state index is -0.0697. The number of nitrogens with zero attached hydrogens (tertiary/aromatic N) is 2. The highest BCUT2D eigenvalue weighted by Gasteiger charge is 2.05. The SMILES string of the molecule is CCSc1ccc(-c2cccc(NC(=O)CCOC)c2)nn1. The number of rotatable bonds is 7. The van der Waals surface area contributed by atoms with E-state index < -0.39 is 0 Å². The molecule has 5 nitrogen and oxygen atoms in total. The zero-order valence-corrected chi connectivity index (χ0v) is 13.5. The van der Waals surface area contributed by atoms with Crippen molar-refractivity contribution in [1.29, 1.82) is 0 Å². The molecule has 2 aromatic rings. The highest BCUT2D eigenvalue weighted by atomic mass is 32.2. The van der Waals surface area contributed by atoms with Crippen LogP contribution >= 0.6 is 11.8 Å². The van der Waals surface area contributed by atoms with Gasteiger partial charge in [-0.3, -0.25) is 4.79 Å². The Hall–Kier alpha value is -1.92. The number of thioether (sulfide) groups is 1. The maximum Gasteiger partial charge on any atom is 0.226 e. The van der Waals surface area contributed by atoms with Gasteiger partial charge in [-0.25, -0.2) is 0 Å². The lowest BCUT2D eigenvalue weighted by molar-refractivity contribution is -0.117. The summed E-state index contributed by atoms with van der Waals surface area (Å²) in [6.45, 7) is 2.49. The van der Waals surface area contributed by atoms with Crippen LogP contribution in [0.15, 0.2) is 41.4 Å². The second kappa shape index (κ2) is 8.51. The van der Waals surface area contributed by atoms with Crippen LogP contribution in [0, 0.1) is 0 Å². The smallest absolute Gasteiger partial charge is 0.226 e. The van der Waals surface area contributed by atoms with Crippen LogP contribution in [0.4, 0.5) is 5.69 Å². The maximum atomic E-state index is 11.7. The number of hydrogen-bond donors (Lipinski definition) is 1. The molecule has 0 aliphatic rings. The number of hydrogen-bond acceptors (Lipinski definition) is 5. The van der Waals surface area contributed by atoms with Gasteiger partial charge in [0.2, 0.25) is 5.91 Å². The van der Waals surface area contributed by atoms with Crippen molar-refractivity contribution in [1.82, 2.24) is 10.2 Å². The van der Waals surface area contributed by atoms with Crippen molar-refractivity contribution in [3.63, 3.8) is 0 Å². The van der Waals surface area contributed by atoms with Gasteiger partial charge in [-0.1, -0.05) is 19.1 Å². The second-order valence-electron chi connectivity index (χ2n) is 4.56. The van der Waals surface area contributed by atoms with Crippen LogP contribution in [0.25, 0.3) is 11.3 Å². The third kappa shape index (κ3) is 4.82. The van der Waals surface area contributed by atoms with E-state index in [0.717, 1.165) is 27.7 Å². The molecule has 1 aromatic heterocycles. The van der Waals surface area contributed by atoms with Gasteiger partial charge in [-0.15, -0.1) is 22.0 Å². The first-order valence-corrected chi connectivity index (χ1v) is 8.07. The van der Waals surface area contributed by atoms with E-state index in [0.29, 0.717) is 13.0 Å². The van der Waals surface area contributed by atoms with Gasteiger partial charge in [0, 0.05) is 18.4 Å². The number of ether oxygens (including phenoxy) is 1. The van der Waals surface area contributed by atoms with Crippen LogP contribution in [-0.2, 0) is 9.53 Å². The molecule has 2 rings (SSSR count). The predicted octanol–water partition coefficient (Wildman–Crippen LogP) is 3.23. The lowest BCUT2D eigenvalue weighted by Crippen LogP contribution is -2.13. The number of methoxy groups -OCH3 is 1. The first kappa shape index (κ1) is 16.5. The Labute approximate surface area is 134 Å². The van der Waals surface area contributed by atoms with Gasteiger partial charge >= 0.3 is 0 Å². The number of amides is 1. The van der Waals surface area contributed by atoms with E-state index in [2.05, 4.69) is 22.4 Å². The fourth-order valence-corrected chi connectivity index (χ4v) is 2.43. The van der Waals surface area contributed by atoms with E-state index in [1.165, 1.54) is 0 Å². The summed E-state index contributed by atoms with van der Waals surface area (Å²) in [5.74, 6) is 0.900. The molecule has 0 radical (unpaired) electrons. The summed E-state index contributed by atoms with van der Waals surface area (Å²) in [5, 5.41) is 12.2. The maximum absolute atomic E-state index is 11.7. The Morgan fingerprint density at radius 2 is 2.14 bits per heavy atom. The second-order valence-corrected chi connectivity index (χ2v) is 5.85. The number of aromatic nitrogens is 2. The van der Waals surface area contributed by atoms with Crippen molar-refractivity contribution >= 4 is 23.4 Å². The Morgan fingerprint density at radius 3 is 2.82 bits per heavy atom. The van der Waals surface area contributed by atoms with Crippen molar-refractivity contribution in [2.75, 3.05) is 24.8 Å².